The van der Waals surface area contributed by atoms with Gasteiger partial charge in [0.25, 0.3) is 0 Å². The first-order chi connectivity index (χ1) is 12.3. The monoisotopic (exact) mass is 346 g/mol. The predicted molar refractivity (Wildman–Crippen MR) is 109 cm³/mol. The van der Waals surface area contributed by atoms with Crippen molar-refractivity contribution in [3.8, 4) is 0 Å². The number of hydrogen-bond donors (Lipinski definition) is 0. The molecule has 0 bridgehead atoms. The van der Waals surface area contributed by atoms with Crippen LogP contribution < -0.4 is 10.6 Å². The van der Waals surface area contributed by atoms with E-state index in [0.717, 1.165) is 23.5 Å². The van der Waals surface area contributed by atoms with Gasteiger partial charge in [-0.15, -0.1) is 0 Å². The van der Waals surface area contributed by atoms with Crippen LogP contribution in [0.15, 0.2) is 103 Å². The van der Waals surface area contributed by atoms with Gasteiger partial charge < -0.3 is 4.57 Å². The maximum Gasteiger partial charge on any atom is 0.146 e. The standard InChI is InChI=1S/C23H23OP/c24-25(22-16-8-2-9-17-22,23-18-10-3-11-19-23)20-12-4-7-15-21-13-5-1-6-14-21/h1-6,8-14,16-19H,7,15,20H2/b12-4+. The summed E-state index contributed by atoms with van der Waals surface area (Å²) < 4.78 is 13.8. The van der Waals surface area contributed by atoms with Crippen LogP contribution in [0.25, 0.3) is 0 Å². The molecule has 3 aromatic carbocycles. The second kappa shape index (κ2) is 8.65. The third-order valence-corrected chi connectivity index (χ3v) is 7.31. The predicted octanol–water partition coefficient (Wildman–Crippen LogP) is 5.19. The molecule has 0 aliphatic carbocycles. The van der Waals surface area contributed by atoms with Gasteiger partial charge in [0.1, 0.15) is 7.14 Å². The first-order valence-corrected chi connectivity index (χ1v) is 10.6. The van der Waals surface area contributed by atoms with Crippen molar-refractivity contribution in [2.75, 3.05) is 6.16 Å². The first-order valence-electron chi connectivity index (χ1n) is 8.68. The highest BCUT2D eigenvalue weighted by atomic mass is 31.2. The Kier molecular flexibility index (Phi) is 6.04. The van der Waals surface area contributed by atoms with E-state index < -0.39 is 7.14 Å². The molecular formula is C23H23OP. The van der Waals surface area contributed by atoms with Crippen molar-refractivity contribution in [1.82, 2.24) is 0 Å². The lowest BCUT2D eigenvalue weighted by atomic mass is 10.1. The summed E-state index contributed by atoms with van der Waals surface area (Å²) >= 11 is 0. The number of hydrogen-bond acceptors (Lipinski definition) is 1. The van der Waals surface area contributed by atoms with Crippen LogP contribution in [-0.2, 0) is 11.0 Å². The van der Waals surface area contributed by atoms with Crippen LogP contribution in [-0.4, -0.2) is 6.16 Å². The molecule has 0 amide bonds. The molecule has 0 radical (unpaired) electrons. The molecule has 0 aromatic heterocycles. The van der Waals surface area contributed by atoms with E-state index in [1.807, 2.05) is 66.7 Å². The zero-order valence-corrected chi connectivity index (χ0v) is 15.2. The van der Waals surface area contributed by atoms with Crippen LogP contribution in [0.5, 0.6) is 0 Å². The molecule has 0 spiro atoms. The van der Waals surface area contributed by atoms with Crippen LogP contribution in [0, 0.1) is 0 Å². The van der Waals surface area contributed by atoms with Gasteiger partial charge in [0.15, 0.2) is 0 Å². The summed E-state index contributed by atoms with van der Waals surface area (Å²) in [5.74, 6) is 0. The van der Waals surface area contributed by atoms with Crippen molar-refractivity contribution in [3.63, 3.8) is 0 Å². The van der Waals surface area contributed by atoms with Crippen molar-refractivity contribution in [2.45, 2.75) is 12.8 Å². The van der Waals surface area contributed by atoms with E-state index in [2.05, 4.69) is 36.4 Å². The molecule has 3 aromatic rings. The second-order valence-electron chi connectivity index (χ2n) is 6.09. The maximum absolute atomic E-state index is 13.8. The van der Waals surface area contributed by atoms with Crippen LogP contribution >= 0.6 is 7.14 Å². The molecule has 0 fully saturated rings. The van der Waals surface area contributed by atoms with Crippen LogP contribution in [0.1, 0.15) is 12.0 Å². The summed E-state index contributed by atoms with van der Waals surface area (Å²) in [6.45, 7) is 0. The first kappa shape index (κ1) is 17.5. The van der Waals surface area contributed by atoms with E-state index in [1.54, 1.807) is 0 Å². The van der Waals surface area contributed by atoms with E-state index >= 15 is 0 Å². The second-order valence-corrected chi connectivity index (χ2v) is 8.97. The van der Waals surface area contributed by atoms with E-state index in [0.29, 0.717) is 6.16 Å². The Labute approximate surface area is 150 Å². The van der Waals surface area contributed by atoms with Gasteiger partial charge in [-0.3, -0.25) is 0 Å². The van der Waals surface area contributed by atoms with E-state index in [4.69, 9.17) is 0 Å². The smallest absolute Gasteiger partial charge is 0.146 e. The molecule has 1 nitrogen and oxygen atoms in total. The highest BCUT2D eigenvalue weighted by Gasteiger charge is 2.25. The van der Waals surface area contributed by atoms with Gasteiger partial charge in [0, 0.05) is 16.8 Å². The fourth-order valence-electron chi connectivity index (χ4n) is 2.93. The van der Waals surface area contributed by atoms with Crippen molar-refractivity contribution in [2.24, 2.45) is 0 Å². The van der Waals surface area contributed by atoms with Crippen LogP contribution in [0.3, 0.4) is 0 Å². The summed E-state index contributed by atoms with van der Waals surface area (Å²) in [5, 5.41) is 1.85. The van der Waals surface area contributed by atoms with Gasteiger partial charge >= 0.3 is 0 Å². The van der Waals surface area contributed by atoms with Gasteiger partial charge in [-0.25, -0.2) is 0 Å². The van der Waals surface area contributed by atoms with Crippen LogP contribution in [0.2, 0.25) is 0 Å². The van der Waals surface area contributed by atoms with Crippen molar-refractivity contribution < 1.29 is 4.57 Å². The summed E-state index contributed by atoms with van der Waals surface area (Å²) in [4.78, 5) is 0. The van der Waals surface area contributed by atoms with E-state index in [1.165, 1.54) is 5.56 Å². The molecule has 126 valence electrons. The lowest BCUT2D eigenvalue weighted by Crippen LogP contribution is -2.17. The van der Waals surface area contributed by atoms with Gasteiger partial charge in [-0.2, -0.15) is 0 Å². The normalized spacial score (nSPS) is 11.7. The molecule has 25 heavy (non-hydrogen) atoms. The SMILES string of the molecule is O=P(C/C=C/CCc1ccccc1)(c1ccccc1)c1ccccc1. The Bertz CT molecular complexity index is 796. The molecule has 0 unspecified atom stereocenters. The number of benzene rings is 3. The van der Waals surface area contributed by atoms with Gasteiger partial charge in [-0.05, 0) is 18.4 Å². The molecule has 0 atom stereocenters. The minimum absolute atomic E-state index is 0.565. The van der Waals surface area contributed by atoms with Crippen LogP contribution in [0.4, 0.5) is 0 Å². The number of rotatable bonds is 7. The number of allylic oxidation sites excluding steroid dienone is 2. The topological polar surface area (TPSA) is 17.1 Å². The molecule has 0 heterocycles. The Morgan fingerprint density at radius 3 is 1.64 bits per heavy atom. The van der Waals surface area contributed by atoms with Crippen molar-refractivity contribution in [3.05, 3.63) is 109 Å². The van der Waals surface area contributed by atoms with Gasteiger partial charge in [0.05, 0.1) is 0 Å². The third-order valence-electron chi connectivity index (χ3n) is 4.32. The molecule has 0 saturated carbocycles. The molecule has 0 saturated heterocycles. The summed E-state index contributed by atoms with van der Waals surface area (Å²) in [7, 11) is -2.62. The Morgan fingerprint density at radius 2 is 1.12 bits per heavy atom. The molecule has 0 N–H and O–H groups in total. The highest BCUT2D eigenvalue weighted by molar-refractivity contribution is 7.78. The fraction of sp³-hybridized carbons (Fsp3) is 0.130. The summed E-state index contributed by atoms with van der Waals surface area (Å²) in [6.07, 6.45) is 6.79. The van der Waals surface area contributed by atoms with E-state index in [-0.39, 0.29) is 0 Å². The average Bonchev–Trinajstić information content (AvgIpc) is 2.70. The van der Waals surface area contributed by atoms with E-state index in [9.17, 15) is 4.57 Å². The molecule has 0 aliphatic rings. The van der Waals surface area contributed by atoms with Crippen molar-refractivity contribution in [1.29, 1.82) is 0 Å². The minimum atomic E-state index is -2.62. The zero-order chi connectivity index (χ0) is 17.4. The molecule has 3 rings (SSSR count). The largest absolute Gasteiger partial charge is 0.313 e. The van der Waals surface area contributed by atoms with Gasteiger partial charge in [-0.1, -0.05) is 103 Å². The third kappa shape index (κ3) is 4.59. The number of aryl methyl sites for hydroxylation is 1. The lowest BCUT2D eigenvalue weighted by Gasteiger charge is -2.17. The fourth-order valence-corrected chi connectivity index (χ4v) is 5.41. The van der Waals surface area contributed by atoms with Crippen molar-refractivity contribution >= 4 is 17.8 Å². The highest BCUT2D eigenvalue weighted by Crippen LogP contribution is 2.43. The summed E-state index contributed by atoms with van der Waals surface area (Å²) in [6, 6.07) is 30.2. The van der Waals surface area contributed by atoms with Gasteiger partial charge in [0.2, 0.25) is 0 Å². The molecule has 0 aliphatic heterocycles. The minimum Gasteiger partial charge on any atom is -0.313 e. The summed E-state index contributed by atoms with van der Waals surface area (Å²) in [5.41, 5.74) is 1.33. The zero-order valence-electron chi connectivity index (χ0n) is 14.3. The quantitative estimate of drug-likeness (QED) is 0.425. The lowest BCUT2D eigenvalue weighted by molar-refractivity contribution is 0.588. The molecule has 2 heteroatoms. The Morgan fingerprint density at radius 1 is 0.640 bits per heavy atom. The average molecular weight is 346 g/mol. The Balaban J connectivity index is 1.73. The molecular weight excluding hydrogens is 323 g/mol. The Hall–Kier alpha value is -2.37. The maximum atomic E-state index is 13.8.